The molecule has 0 spiro atoms. The zero-order valence-corrected chi connectivity index (χ0v) is 30.2. The third-order valence-electron chi connectivity index (χ3n) is 9.55. The van der Waals surface area contributed by atoms with E-state index in [0.29, 0.717) is 5.56 Å². The van der Waals surface area contributed by atoms with Gasteiger partial charge in [0.25, 0.3) is 5.82 Å². The van der Waals surface area contributed by atoms with E-state index in [4.69, 9.17) is 5.73 Å². The molecule has 2 fully saturated rings. The first kappa shape index (κ1) is 38.6. The smallest absolute Gasteiger partial charge is 0.253 e. The van der Waals surface area contributed by atoms with Gasteiger partial charge in [-0.15, -0.1) is 11.8 Å². The summed E-state index contributed by atoms with van der Waals surface area (Å²) < 4.78 is 3.89. The minimum atomic E-state index is -1.28. The summed E-state index contributed by atoms with van der Waals surface area (Å²) in [5.74, 6) is -0.802. The highest BCUT2D eigenvalue weighted by Crippen LogP contribution is 2.50. The van der Waals surface area contributed by atoms with Crippen molar-refractivity contribution in [2.45, 2.75) is 152 Å². The number of unbranched alkanes of at least 4 members (excludes halogenated alkanes) is 13. The predicted molar refractivity (Wildman–Crippen MR) is 187 cm³/mol. The first-order valence-corrected chi connectivity index (χ1v) is 18.7. The second-order valence-corrected chi connectivity index (χ2v) is 15.5. The fourth-order valence-corrected chi connectivity index (χ4v) is 8.11. The number of aromatic nitrogens is 2. The van der Waals surface area contributed by atoms with Gasteiger partial charge in [0.2, 0.25) is 11.8 Å². The number of carbonyl (C=O) groups excluding carboxylic acids is 3. The molecule has 3 N–H and O–H groups in total. The molecule has 1 aromatic carbocycles. The molecule has 2 saturated heterocycles. The first-order chi connectivity index (χ1) is 22.5. The number of β-lactam (4-membered cyclic amide) rings is 1. The second kappa shape index (κ2) is 19.2. The summed E-state index contributed by atoms with van der Waals surface area (Å²) >= 11 is 1.34. The zero-order valence-electron chi connectivity index (χ0n) is 29.4. The third-order valence-corrected chi connectivity index (χ3v) is 11.1. The lowest BCUT2D eigenvalue weighted by Gasteiger charge is -2.45. The number of carboxylic acid groups (broad SMARTS) is 1. The lowest BCUT2D eigenvalue weighted by Crippen LogP contribution is -2.72. The van der Waals surface area contributed by atoms with E-state index in [1.807, 2.05) is 6.07 Å². The molecular formula is C37H59N5O4S. The van der Waals surface area contributed by atoms with Gasteiger partial charge < -0.3 is 25.9 Å². The average molecular weight is 670 g/mol. The molecule has 4 atom stereocenters. The molecule has 10 heteroatoms. The largest absolute Gasteiger partial charge is 0.548 e. The van der Waals surface area contributed by atoms with Crippen molar-refractivity contribution in [3.63, 3.8) is 0 Å². The predicted octanol–water partition coefficient (Wildman–Crippen LogP) is 5.09. The average Bonchev–Trinajstić information content (AvgIpc) is 3.51. The summed E-state index contributed by atoms with van der Waals surface area (Å²) in [6.45, 7) is 9.17. The van der Waals surface area contributed by atoms with E-state index in [1.54, 1.807) is 38.1 Å². The van der Waals surface area contributed by atoms with Crippen LogP contribution in [0.5, 0.6) is 0 Å². The van der Waals surface area contributed by atoms with E-state index in [1.165, 1.54) is 119 Å². The van der Waals surface area contributed by atoms with E-state index in [9.17, 15) is 19.5 Å². The first-order valence-electron chi connectivity index (χ1n) is 17.8. The van der Waals surface area contributed by atoms with E-state index in [2.05, 4.69) is 47.7 Å². The lowest BCUT2D eigenvalue weighted by molar-refractivity contribution is -0.677. The molecule has 4 rings (SSSR count). The summed E-state index contributed by atoms with van der Waals surface area (Å²) in [7, 11) is 2.12. The van der Waals surface area contributed by atoms with Crippen molar-refractivity contribution in [2.24, 2.45) is 12.8 Å². The molecule has 47 heavy (non-hydrogen) atoms. The highest BCUT2D eigenvalue weighted by molar-refractivity contribution is 8.01. The number of carbonyl (C=O) groups is 3. The molecule has 3 heterocycles. The number of hydrogen-bond donors (Lipinski definition) is 2. The molecule has 2 aliphatic rings. The van der Waals surface area contributed by atoms with Crippen LogP contribution in [0, 0.1) is 6.92 Å². The third kappa shape index (κ3) is 11.1. The van der Waals surface area contributed by atoms with Gasteiger partial charge in [-0.3, -0.25) is 9.59 Å². The van der Waals surface area contributed by atoms with Crippen molar-refractivity contribution in [2.75, 3.05) is 0 Å². The van der Waals surface area contributed by atoms with Crippen LogP contribution in [-0.4, -0.2) is 49.5 Å². The van der Waals surface area contributed by atoms with E-state index in [-0.39, 0.29) is 0 Å². The lowest BCUT2D eigenvalue weighted by atomic mass is 9.95. The molecule has 0 unspecified atom stereocenters. The van der Waals surface area contributed by atoms with Crippen LogP contribution in [0.2, 0.25) is 0 Å². The van der Waals surface area contributed by atoms with Gasteiger partial charge in [-0.25, -0.2) is 9.13 Å². The van der Waals surface area contributed by atoms with Crippen molar-refractivity contribution in [1.82, 2.24) is 14.8 Å². The highest BCUT2D eigenvalue weighted by Gasteiger charge is 2.62. The van der Waals surface area contributed by atoms with Crippen LogP contribution in [0.3, 0.4) is 0 Å². The van der Waals surface area contributed by atoms with Crippen LogP contribution >= 0.6 is 11.8 Å². The Kier molecular flexibility index (Phi) is 15.8. The van der Waals surface area contributed by atoms with E-state index in [0.717, 1.165) is 0 Å². The van der Waals surface area contributed by atoms with E-state index < -0.39 is 46.0 Å². The van der Waals surface area contributed by atoms with Crippen LogP contribution in [0.4, 0.5) is 0 Å². The number of nitrogens with zero attached hydrogens (tertiary/aromatic N) is 3. The molecule has 1 aromatic heterocycles. The number of amides is 2. The monoisotopic (exact) mass is 669 g/mol. The SMILES string of the molecule is CC1(C)S[C@@H]2[C@H](NC(=O)[C@H](N)c3ccccc3)C(=O)N2[C@H]1C(=O)[O-].CCCCCCCCCCCCCCCCn1cc[n+](C)c1C. The summed E-state index contributed by atoms with van der Waals surface area (Å²) in [5, 5.41) is 13.6. The molecule has 262 valence electrons. The van der Waals surface area contributed by atoms with Crippen LogP contribution in [0.1, 0.15) is 128 Å². The Morgan fingerprint density at radius 2 is 1.49 bits per heavy atom. The number of aliphatic carboxylic acids is 1. The molecule has 0 saturated carbocycles. The fraction of sp³-hybridized carbons (Fsp3) is 0.676. The van der Waals surface area contributed by atoms with E-state index >= 15 is 0 Å². The standard InChI is InChI=1S/C21H41N2.C16H19N3O4S/c1-4-5-6-7-8-9-10-11-12-13-14-15-16-17-18-23-20-19-22(3)21(23)2;1-16(2)11(15(22)23)19-13(21)10(14(19)24-16)18-12(20)9(17)8-6-4-3-5-7-8/h19-20H,4-18H2,1-3H3;3-7,9-11,14H,17H2,1-2H3,(H,18,20)(H,22,23)/q+1;/p-1/t;9-,10-,11+,14-/m.1/s1. The van der Waals surface area contributed by atoms with Crippen LogP contribution in [0.15, 0.2) is 42.7 Å². The van der Waals surface area contributed by atoms with Crippen molar-refractivity contribution in [1.29, 1.82) is 0 Å². The maximum Gasteiger partial charge on any atom is 0.253 e. The van der Waals surface area contributed by atoms with Gasteiger partial charge in [0.15, 0.2) is 0 Å². The number of benzene rings is 1. The van der Waals surface area contributed by atoms with Crippen molar-refractivity contribution in [3.05, 3.63) is 54.1 Å². The number of thioether (sulfide) groups is 1. The van der Waals surface area contributed by atoms with Crippen molar-refractivity contribution >= 4 is 29.5 Å². The van der Waals surface area contributed by atoms with Gasteiger partial charge in [0.05, 0.1) is 25.6 Å². The Morgan fingerprint density at radius 1 is 0.957 bits per heavy atom. The Hall–Kier alpha value is -2.85. The normalized spacial score (nSPS) is 20.2. The maximum atomic E-state index is 12.3. The van der Waals surface area contributed by atoms with Gasteiger partial charge in [0.1, 0.15) is 29.9 Å². The van der Waals surface area contributed by atoms with Crippen LogP contribution in [0.25, 0.3) is 0 Å². The number of carboxylic acids is 1. The zero-order chi connectivity index (χ0) is 34.4. The number of imidazole rings is 1. The quantitative estimate of drug-likeness (QED) is 0.122. The number of nitrogens with one attached hydrogen (secondary N) is 1. The summed E-state index contributed by atoms with van der Waals surface area (Å²) in [5.41, 5.74) is 6.57. The molecule has 9 nitrogen and oxygen atoms in total. The Balaban J connectivity index is 0.000000256. The number of rotatable bonds is 19. The molecular weight excluding hydrogens is 611 g/mol. The molecule has 2 amide bonds. The van der Waals surface area contributed by atoms with Crippen molar-refractivity contribution in [3.8, 4) is 0 Å². The minimum Gasteiger partial charge on any atom is -0.548 e. The number of aryl methyl sites for hydroxylation is 2. The fourth-order valence-electron chi connectivity index (χ4n) is 6.49. The second-order valence-electron chi connectivity index (χ2n) is 13.7. The Bertz CT molecular complexity index is 1270. The highest BCUT2D eigenvalue weighted by atomic mass is 32.2. The van der Waals surface area contributed by atoms with Gasteiger partial charge >= 0.3 is 0 Å². The van der Waals surface area contributed by atoms with Crippen molar-refractivity contribution < 1.29 is 24.1 Å². The summed E-state index contributed by atoms with van der Waals surface area (Å²) in [6, 6.07) is 6.19. The summed E-state index contributed by atoms with van der Waals surface area (Å²) in [4.78, 5) is 37.2. The molecule has 0 radical (unpaired) electrons. The van der Waals surface area contributed by atoms with Gasteiger partial charge in [-0.05, 0) is 32.3 Å². The summed E-state index contributed by atoms with van der Waals surface area (Å²) in [6.07, 6.45) is 24.4. The maximum absolute atomic E-state index is 12.3. The molecule has 0 aliphatic carbocycles. The Morgan fingerprint density at radius 3 is 1.98 bits per heavy atom. The molecule has 2 aliphatic heterocycles. The Labute approximate surface area is 287 Å². The number of hydrogen-bond acceptors (Lipinski definition) is 6. The van der Waals surface area contributed by atoms with Gasteiger partial charge in [-0.2, -0.15) is 0 Å². The van der Waals surface area contributed by atoms with Gasteiger partial charge in [0, 0.05) is 11.7 Å². The number of fused-ring (bicyclic) bond motifs is 1. The number of nitrogens with two attached hydrogens (primary N) is 1. The molecule has 2 aromatic rings. The molecule has 0 bridgehead atoms. The topological polar surface area (TPSA) is 124 Å². The van der Waals surface area contributed by atoms with Gasteiger partial charge in [-0.1, -0.05) is 114 Å². The minimum absolute atomic E-state index is 0.415. The van der Waals surface area contributed by atoms with Crippen LogP contribution < -0.4 is 20.7 Å². The van der Waals surface area contributed by atoms with Crippen LogP contribution in [-0.2, 0) is 28.0 Å².